The van der Waals surface area contributed by atoms with Crippen molar-refractivity contribution in [3.8, 4) is 0 Å². The van der Waals surface area contributed by atoms with Crippen LogP contribution in [-0.4, -0.2) is 20.8 Å². The summed E-state index contributed by atoms with van der Waals surface area (Å²) in [4.78, 5) is 4.43. The minimum atomic E-state index is 0.584. The van der Waals surface area contributed by atoms with E-state index in [0.717, 1.165) is 18.9 Å². The van der Waals surface area contributed by atoms with Gasteiger partial charge in [0.1, 0.15) is 6.33 Å². The Bertz CT molecular complexity index is 615. The highest BCUT2D eigenvalue weighted by Gasteiger charge is 2.22. The van der Waals surface area contributed by atoms with Crippen LogP contribution < -0.4 is 5.32 Å². The van der Waals surface area contributed by atoms with Gasteiger partial charge in [-0.1, -0.05) is 24.3 Å². The number of hydrogen-bond acceptors (Lipinski definition) is 3. The van der Waals surface area contributed by atoms with Crippen molar-refractivity contribution in [2.24, 2.45) is 0 Å². The first-order valence-corrected chi connectivity index (χ1v) is 8.08. The number of rotatable bonds is 5. The summed E-state index contributed by atoms with van der Waals surface area (Å²) in [6.07, 6.45) is 8.26. The molecule has 1 unspecified atom stereocenters. The number of nitrogens with zero attached hydrogens (tertiary/aromatic N) is 3. The van der Waals surface area contributed by atoms with Gasteiger partial charge in [-0.25, -0.2) is 4.98 Å². The van der Waals surface area contributed by atoms with Gasteiger partial charge in [0.2, 0.25) is 0 Å². The maximum absolute atomic E-state index is 4.62. The first kappa shape index (κ1) is 13.0. The third kappa shape index (κ3) is 3.00. The number of benzene rings is 1. The van der Waals surface area contributed by atoms with E-state index in [1.54, 1.807) is 0 Å². The van der Waals surface area contributed by atoms with Crippen LogP contribution in [0, 0.1) is 0 Å². The Kier molecular flexibility index (Phi) is 3.47. The first-order valence-electron chi connectivity index (χ1n) is 8.08. The normalized spacial score (nSPS) is 21.2. The molecule has 0 radical (unpaired) electrons. The molecule has 1 atom stereocenters. The van der Waals surface area contributed by atoms with E-state index in [9.17, 15) is 0 Å². The molecule has 4 heteroatoms. The maximum atomic E-state index is 4.62. The molecule has 4 rings (SSSR count). The zero-order chi connectivity index (χ0) is 14.1. The average Bonchev–Trinajstić information content (AvgIpc) is 3.25. The molecule has 2 aliphatic rings. The van der Waals surface area contributed by atoms with E-state index < -0.39 is 0 Å². The van der Waals surface area contributed by atoms with Gasteiger partial charge in [-0.3, -0.25) is 4.68 Å². The van der Waals surface area contributed by atoms with Crippen LogP contribution in [0.2, 0.25) is 0 Å². The molecule has 21 heavy (non-hydrogen) atoms. The van der Waals surface area contributed by atoms with Crippen molar-refractivity contribution in [2.45, 2.75) is 57.2 Å². The lowest BCUT2D eigenvalue weighted by atomic mass is 9.83. The zero-order valence-corrected chi connectivity index (χ0v) is 12.3. The molecule has 0 aliphatic heterocycles. The molecule has 2 aromatic rings. The lowest BCUT2D eigenvalue weighted by Crippen LogP contribution is -2.18. The highest BCUT2D eigenvalue weighted by Crippen LogP contribution is 2.32. The van der Waals surface area contributed by atoms with Crippen molar-refractivity contribution >= 4 is 0 Å². The molecular formula is C17H22N4. The second-order valence-electron chi connectivity index (χ2n) is 6.33. The van der Waals surface area contributed by atoms with E-state index in [1.165, 1.54) is 43.2 Å². The van der Waals surface area contributed by atoms with Crippen molar-refractivity contribution in [3.63, 3.8) is 0 Å². The molecule has 0 saturated heterocycles. The Balaban J connectivity index is 1.44. The molecule has 1 aromatic heterocycles. The molecule has 1 saturated carbocycles. The van der Waals surface area contributed by atoms with Gasteiger partial charge in [0.05, 0.1) is 6.54 Å². The van der Waals surface area contributed by atoms with E-state index in [2.05, 4.69) is 39.7 Å². The monoisotopic (exact) mass is 282 g/mol. The third-order valence-corrected chi connectivity index (χ3v) is 4.61. The summed E-state index contributed by atoms with van der Waals surface area (Å²) in [6, 6.07) is 9.57. The highest BCUT2D eigenvalue weighted by atomic mass is 15.3. The highest BCUT2D eigenvalue weighted by molar-refractivity contribution is 5.32. The maximum Gasteiger partial charge on any atom is 0.164 e. The minimum absolute atomic E-state index is 0.584. The standard InChI is InChI=1S/C17H22N4/c1-2-7-16-13(4-1)5-3-6-14(16)11-21-12-19-17(20-21)10-18-15-8-9-15/h1-2,4,7,12,14-15,18H,3,5-6,8-11H2. The van der Waals surface area contributed by atoms with E-state index in [-0.39, 0.29) is 0 Å². The van der Waals surface area contributed by atoms with E-state index in [1.807, 2.05) is 11.0 Å². The van der Waals surface area contributed by atoms with Crippen molar-refractivity contribution < 1.29 is 0 Å². The fourth-order valence-electron chi connectivity index (χ4n) is 3.30. The summed E-state index contributed by atoms with van der Waals surface area (Å²) < 4.78 is 2.02. The molecule has 4 nitrogen and oxygen atoms in total. The summed E-state index contributed by atoms with van der Waals surface area (Å²) in [6.45, 7) is 1.76. The Morgan fingerprint density at radius 2 is 2.10 bits per heavy atom. The molecule has 0 spiro atoms. The number of aromatic nitrogens is 3. The largest absolute Gasteiger partial charge is 0.307 e. The van der Waals surface area contributed by atoms with Crippen molar-refractivity contribution in [2.75, 3.05) is 0 Å². The topological polar surface area (TPSA) is 42.7 Å². The van der Waals surface area contributed by atoms with E-state index in [4.69, 9.17) is 0 Å². The second kappa shape index (κ2) is 5.60. The van der Waals surface area contributed by atoms with Gasteiger partial charge in [-0.2, -0.15) is 5.10 Å². The summed E-state index contributed by atoms with van der Waals surface area (Å²) in [7, 11) is 0. The molecule has 2 aliphatic carbocycles. The van der Waals surface area contributed by atoms with Gasteiger partial charge in [0.25, 0.3) is 0 Å². The smallest absolute Gasteiger partial charge is 0.164 e. The molecule has 0 bridgehead atoms. The summed E-state index contributed by atoms with van der Waals surface area (Å²) in [5.41, 5.74) is 3.03. The van der Waals surface area contributed by atoms with Gasteiger partial charge >= 0.3 is 0 Å². The Labute approximate surface area is 125 Å². The van der Waals surface area contributed by atoms with Crippen LogP contribution in [0.4, 0.5) is 0 Å². The first-order chi connectivity index (χ1) is 10.4. The predicted molar refractivity (Wildman–Crippen MR) is 82.0 cm³/mol. The van der Waals surface area contributed by atoms with Crippen LogP contribution in [0.3, 0.4) is 0 Å². The number of fused-ring (bicyclic) bond motifs is 1. The van der Waals surface area contributed by atoms with Crippen molar-refractivity contribution in [3.05, 3.63) is 47.5 Å². The SMILES string of the molecule is c1ccc2c(c1)CCCC2Cn1cnc(CNC2CC2)n1. The number of hydrogen-bond donors (Lipinski definition) is 1. The summed E-state index contributed by atoms with van der Waals surface area (Å²) in [5.74, 6) is 1.51. The summed E-state index contributed by atoms with van der Waals surface area (Å²) >= 11 is 0. The van der Waals surface area contributed by atoms with Crippen LogP contribution >= 0.6 is 0 Å². The Hall–Kier alpha value is -1.68. The van der Waals surface area contributed by atoms with Crippen LogP contribution in [0.15, 0.2) is 30.6 Å². The fraction of sp³-hybridized carbons (Fsp3) is 0.529. The average molecular weight is 282 g/mol. The van der Waals surface area contributed by atoms with E-state index in [0.29, 0.717) is 12.0 Å². The molecule has 110 valence electrons. The van der Waals surface area contributed by atoms with Crippen molar-refractivity contribution in [1.82, 2.24) is 20.1 Å². The molecule has 1 heterocycles. The van der Waals surface area contributed by atoms with Crippen LogP contribution in [0.5, 0.6) is 0 Å². The van der Waals surface area contributed by atoms with E-state index >= 15 is 0 Å². The third-order valence-electron chi connectivity index (χ3n) is 4.61. The molecule has 1 N–H and O–H groups in total. The summed E-state index contributed by atoms with van der Waals surface area (Å²) in [5, 5.41) is 8.09. The lowest BCUT2D eigenvalue weighted by Gasteiger charge is -2.25. The molecule has 1 fully saturated rings. The number of nitrogens with one attached hydrogen (secondary N) is 1. The zero-order valence-electron chi connectivity index (χ0n) is 12.3. The second-order valence-corrected chi connectivity index (χ2v) is 6.33. The van der Waals surface area contributed by atoms with Gasteiger partial charge in [0.15, 0.2) is 5.82 Å². The fourth-order valence-corrected chi connectivity index (χ4v) is 3.30. The van der Waals surface area contributed by atoms with Crippen molar-refractivity contribution in [1.29, 1.82) is 0 Å². The molecule has 0 amide bonds. The van der Waals surface area contributed by atoms with Crippen LogP contribution in [-0.2, 0) is 19.5 Å². The molecular weight excluding hydrogens is 260 g/mol. The Morgan fingerprint density at radius 3 is 3.00 bits per heavy atom. The minimum Gasteiger partial charge on any atom is -0.307 e. The van der Waals surface area contributed by atoms with Crippen LogP contribution in [0.1, 0.15) is 48.6 Å². The molecule has 1 aromatic carbocycles. The van der Waals surface area contributed by atoms with Gasteiger partial charge < -0.3 is 5.32 Å². The van der Waals surface area contributed by atoms with Crippen LogP contribution in [0.25, 0.3) is 0 Å². The van der Waals surface area contributed by atoms with Gasteiger partial charge in [-0.05, 0) is 43.2 Å². The Morgan fingerprint density at radius 1 is 1.19 bits per heavy atom. The van der Waals surface area contributed by atoms with Gasteiger partial charge in [0, 0.05) is 18.5 Å². The van der Waals surface area contributed by atoms with Gasteiger partial charge in [-0.15, -0.1) is 0 Å². The quantitative estimate of drug-likeness (QED) is 0.917. The number of aryl methyl sites for hydroxylation is 1. The lowest BCUT2D eigenvalue weighted by molar-refractivity contribution is 0.453. The predicted octanol–water partition coefficient (Wildman–Crippen LogP) is 2.65.